The van der Waals surface area contributed by atoms with Gasteiger partial charge in [-0.05, 0) is 12.8 Å². The van der Waals surface area contributed by atoms with E-state index in [9.17, 15) is 9.59 Å². The van der Waals surface area contributed by atoms with Crippen molar-refractivity contribution in [2.24, 2.45) is 0 Å². The summed E-state index contributed by atoms with van der Waals surface area (Å²) in [6, 6.07) is 2.00. The maximum absolute atomic E-state index is 11.1. The van der Waals surface area contributed by atoms with Gasteiger partial charge in [-0.3, -0.25) is 9.59 Å². The van der Waals surface area contributed by atoms with Crippen LogP contribution in [0.15, 0.2) is 0 Å². The molecular formula is C12H15NO4. The Morgan fingerprint density at radius 3 is 2.35 bits per heavy atom. The van der Waals surface area contributed by atoms with Gasteiger partial charge in [0.1, 0.15) is 0 Å². The summed E-state index contributed by atoms with van der Waals surface area (Å²) in [5.41, 5.74) is 0. The van der Waals surface area contributed by atoms with Crippen molar-refractivity contribution < 1.29 is 19.1 Å². The van der Waals surface area contributed by atoms with Crippen LogP contribution in [0.25, 0.3) is 0 Å². The molecule has 0 aromatic rings. The number of nitrogens with zero attached hydrogens (tertiary/aromatic N) is 1. The van der Waals surface area contributed by atoms with Crippen molar-refractivity contribution in [1.29, 1.82) is 5.26 Å². The number of carbonyl (C=O) groups is 2. The van der Waals surface area contributed by atoms with E-state index >= 15 is 0 Å². The molecule has 0 fully saturated rings. The molecule has 5 nitrogen and oxygen atoms in total. The van der Waals surface area contributed by atoms with Crippen LogP contribution < -0.4 is 0 Å². The topological polar surface area (TPSA) is 76.4 Å². The monoisotopic (exact) mass is 237 g/mol. The van der Waals surface area contributed by atoms with Crippen molar-refractivity contribution in [2.45, 2.75) is 32.1 Å². The van der Waals surface area contributed by atoms with Crippen LogP contribution >= 0.6 is 0 Å². The summed E-state index contributed by atoms with van der Waals surface area (Å²) in [5.74, 6) is 1.20. The third-order valence-electron chi connectivity index (χ3n) is 1.80. The molecule has 0 spiro atoms. The fourth-order valence-corrected chi connectivity index (χ4v) is 0.963. The van der Waals surface area contributed by atoms with Gasteiger partial charge in [0.05, 0.1) is 25.5 Å². The number of nitriles is 1. The second-order valence-electron chi connectivity index (χ2n) is 3.20. The standard InChI is InChI=1S/C12H15NO4/c1-2-9-16-11(14)6-7-12(15)17-10-5-3-4-8-13/h1H,3-7,9-10H2. The number of terminal acetylenes is 1. The van der Waals surface area contributed by atoms with E-state index < -0.39 is 11.9 Å². The van der Waals surface area contributed by atoms with Crippen molar-refractivity contribution in [2.75, 3.05) is 13.2 Å². The summed E-state index contributed by atoms with van der Waals surface area (Å²) in [5, 5.41) is 8.27. The summed E-state index contributed by atoms with van der Waals surface area (Å²) in [4.78, 5) is 22.1. The Morgan fingerprint density at radius 1 is 1.12 bits per heavy atom. The van der Waals surface area contributed by atoms with Gasteiger partial charge in [0, 0.05) is 6.42 Å². The zero-order valence-corrected chi connectivity index (χ0v) is 9.61. The Bertz CT molecular complexity index is 324. The molecule has 0 heterocycles. The first kappa shape index (κ1) is 15.0. The molecule has 0 aliphatic heterocycles. The summed E-state index contributed by atoms with van der Waals surface area (Å²) in [6.07, 6.45) is 6.67. The lowest BCUT2D eigenvalue weighted by Crippen LogP contribution is -2.11. The van der Waals surface area contributed by atoms with E-state index in [1.54, 1.807) is 0 Å². The smallest absolute Gasteiger partial charge is 0.307 e. The molecule has 0 aromatic carbocycles. The quantitative estimate of drug-likeness (QED) is 0.360. The highest BCUT2D eigenvalue weighted by Crippen LogP contribution is 1.99. The first-order chi connectivity index (χ1) is 8.20. The molecule has 0 saturated heterocycles. The lowest BCUT2D eigenvalue weighted by molar-refractivity contribution is -0.149. The SMILES string of the molecule is C#CCOC(=O)CCC(=O)OCCCCC#N. The highest BCUT2D eigenvalue weighted by molar-refractivity contribution is 5.77. The number of hydrogen-bond acceptors (Lipinski definition) is 5. The second-order valence-corrected chi connectivity index (χ2v) is 3.20. The summed E-state index contributed by atoms with van der Waals surface area (Å²) < 4.78 is 9.43. The molecule has 0 atom stereocenters. The van der Waals surface area contributed by atoms with Crippen LogP contribution in [0, 0.1) is 23.7 Å². The zero-order chi connectivity index (χ0) is 12.9. The average molecular weight is 237 g/mol. The van der Waals surface area contributed by atoms with Crippen LogP contribution in [-0.2, 0) is 19.1 Å². The van der Waals surface area contributed by atoms with Gasteiger partial charge in [-0.2, -0.15) is 5.26 Å². The van der Waals surface area contributed by atoms with Crippen molar-refractivity contribution in [3.8, 4) is 18.4 Å². The highest BCUT2D eigenvalue weighted by Gasteiger charge is 2.08. The van der Waals surface area contributed by atoms with Gasteiger partial charge < -0.3 is 9.47 Å². The molecule has 0 aliphatic rings. The normalized spacial score (nSPS) is 8.82. The number of unbranched alkanes of at least 4 members (excludes halogenated alkanes) is 2. The van der Waals surface area contributed by atoms with Gasteiger partial charge in [0.25, 0.3) is 0 Å². The van der Waals surface area contributed by atoms with Gasteiger partial charge in [0.15, 0.2) is 6.61 Å². The fourth-order valence-electron chi connectivity index (χ4n) is 0.963. The van der Waals surface area contributed by atoms with E-state index in [-0.39, 0.29) is 26.1 Å². The van der Waals surface area contributed by atoms with Gasteiger partial charge in [-0.1, -0.05) is 5.92 Å². The second kappa shape index (κ2) is 10.5. The average Bonchev–Trinajstić information content (AvgIpc) is 2.33. The minimum atomic E-state index is -0.510. The molecule has 0 aliphatic carbocycles. The molecule has 0 aromatic heterocycles. The van der Waals surface area contributed by atoms with Crippen LogP contribution in [0.3, 0.4) is 0 Å². The van der Waals surface area contributed by atoms with Crippen LogP contribution in [0.2, 0.25) is 0 Å². The molecule has 0 N–H and O–H groups in total. The zero-order valence-electron chi connectivity index (χ0n) is 9.61. The van der Waals surface area contributed by atoms with E-state index in [1.165, 1.54) is 0 Å². The van der Waals surface area contributed by atoms with E-state index in [0.29, 0.717) is 19.3 Å². The molecule has 0 unspecified atom stereocenters. The van der Waals surface area contributed by atoms with E-state index in [4.69, 9.17) is 16.4 Å². The molecule has 0 amide bonds. The number of ether oxygens (including phenoxy) is 2. The van der Waals surface area contributed by atoms with E-state index in [0.717, 1.165) is 0 Å². The Morgan fingerprint density at radius 2 is 1.76 bits per heavy atom. The molecule has 0 saturated carbocycles. The van der Waals surface area contributed by atoms with Crippen molar-refractivity contribution in [1.82, 2.24) is 0 Å². The molecule has 0 bridgehead atoms. The third-order valence-corrected chi connectivity index (χ3v) is 1.80. The highest BCUT2D eigenvalue weighted by atomic mass is 16.5. The van der Waals surface area contributed by atoms with Gasteiger partial charge in [-0.15, -0.1) is 6.42 Å². The number of rotatable bonds is 8. The van der Waals surface area contributed by atoms with Gasteiger partial charge in [0.2, 0.25) is 0 Å². The Labute approximate surface area is 101 Å². The maximum Gasteiger partial charge on any atom is 0.307 e. The lowest BCUT2D eigenvalue weighted by Gasteiger charge is -2.03. The predicted molar refractivity (Wildman–Crippen MR) is 59.4 cm³/mol. The number of hydrogen-bond donors (Lipinski definition) is 0. The van der Waals surface area contributed by atoms with E-state index in [2.05, 4.69) is 10.7 Å². The van der Waals surface area contributed by atoms with Crippen molar-refractivity contribution in [3.05, 3.63) is 0 Å². The Kier molecular flexibility index (Phi) is 9.26. The van der Waals surface area contributed by atoms with Gasteiger partial charge >= 0.3 is 11.9 Å². The Hall–Kier alpha value is -2.01. The molecule has 17 heavy (non-hydrogen) atoms. The van der Waals surface area contributed by atoms with Crippen molar-refractivity contribution >= 4 is 11.9 Å². The summed E-state index contributed by atoms with van der Waals surface area (Å²) in [7, 11) is 0. The predicted octanol–water partition coefficient (Wildman–Crippen LogP) is 1.18. The number of esters is 2. The molecule has 5 heteroatoms. The van der Waals surface area contributed by atoms with Crippen LogP contribution in [0.4, 0.5) is 0 Å². The van der Waals surface area contributed by atoms with Gasteiger partial charge in [-0.25, -0.2) is 0 Å². The summed E-state index contributed by atoms with van der Waals surface area (Å²) >= 11 is 0. The fraction of sp³-hybridized carbons (Fsp3) is 0.583. The molecule has 0 rings (SSSR count). The number of carbonyl (C=O) groups excluding carboxylic acids is 2. The lowest BCUT2D eigenvalue weighted by atomic mass is 10.2. The molecular weight excluding hydrogens is 222 g/mol. The summed E-state index contributed by atoms with van der Waals surface area (Å²) in [6.45, 7) is 0.196. The van der Waals surface area contributed by atoms with Crippen LogP contribution in [0.5, 0.6) is 0 Å². The largest absolute Gasteiger partial charge is 0.466 e. The van der Waals surface area contributed by atoms with E-state index in [1.807, 2.05) is 6.07 Å². The van der Waals surface area contributed by atoms with Crippen LogP contribution in [-0.4, -0.2) is 25.2 Å². The first-order valence-electron chi connectivity index (χ1n) is 5.32. The minimum Gasteiger partial charge on any atom is -0.466 e. The van der Waals surface area contributed by atoms with Crippen molar-refractivity contribution in [3.63, 3.8) is 0 Å². The Balaban J connectivity index is 3.44. The van der Waals surface area contributed by atoms with Crippen LogP contribution in [0.1, 0.15) is 32.1 Å². The molecule has 92 valence electrons. The first-order valence-corrected chi connectivity index (χ1v) is 5.32. The molecule has 0 radical (unpaired) electrons. The third kappa shape index (κ3) is 10.3. The maximum atomic E-state index is 11.1. The minimum absolute atomic E-state index is 0.0122.